The van der Waals surface area contributed by atoms with Crippen molar-refractivity contribution in [1.29, 1.82) is 0 Å². The lowest BCUT2D eigenvalue weighted by Crippen LogP contribution is -1.83. The Labute approximate surface area is 27.6 Å². The maximum atomic E-state index is 10.3. The van der Waals surface area contributed by atoms with Crippen molar-refractivity contribution >= 4 is 0 Å². The van der Waals surface area contributed by atoms with E-state index < -0.39 is 11.7 Å². The van der Waals surface area contributed by atoms with Crippen molar-refractivity contribution in [2.75, 3.05) is 0 Å². The molecule has 0 amide bonds. The number of hydrogen-bond donors (Lipinski definition) is 0. The van der Waals surface area contributed by atoms with E-state index >= 15 is 0 Å². The van der Waals surface area contributed by atoms with Gasteiger partial charge in [0.05, 0.1) is 6.80 Å². The molecule has 0 aliphatic rings. The van der Waals surface area contributed by atoms with Gasteiger partial charge in [0.1, 0.15) is 0 Å². The largest absolute Gasteiger partial charge is 0.356 e. The molecule has 0 heterocycles. The molecule has 0 fully saturated rings. The molecule has 5 heavy (non-hydrogen) atoms. The molecular weight excluding hydrogens is 77.0 g/mol. The van der Waals surface area contributed by atoms with Crippen LogP contribution in [0.5, 0.6) is 0 Å². The monoisotopic (exact) mass is 78.0 g/mol. The highest BCUT2D eigenvalue weighted by atomic mass is 19.1. The van der Waals surface area contributed by atoms with E-state index in [9.17, 15) is 4.39 Å². The van der Waals surface area contributed by atoms with Crippen LogP contribution in [0.25, 0.3) is 0 Å². The van der Waals surface area contributed by atoms with Crippen molar-refractivity contribution in [2.24, 2.45) is 0 Å². The molecule has 3 nitrogen and oxygen atoms in total. The molecule has 0 aromatic carbocycles. The van der Waals surface area contributed by atoms with Crippen molar-refractivity contribution in [2.45, 2.75) is 0 Å². The molecule has 0 atom stereocenters. The molecule has 0 aromatic rings. The van der Waals surface area contributed by atoms with Gasteiger partial charge in [-0.1, -0.05) is 4.92 Å². The van der Waals surface area contributed by atoms with E-state index in [0.29, 0.717) is 0 Å². The van der Waals surface area contributed by atoms with E-state index in [4.69, 9.17) is 10.1 Å². The predicted molar refractivity (Wildman–Crippen MR) is 12.4 cm³/mol. The van der Waals surface area contributed by atoms with Crippen LogP contribution in [0.3, 0.4) is 0 Å². The summed E-state index contributed by atoms with van der Waals surface area (Å²) in [6.45, 7) is -0.611. The third kappa shape index (κ3) is 3.20. The van der Waals surface area contributed by atoms with Crippen molar-refractivity contribution in [3.63, 3.8) is 0 Å². The van der Waals surface area contributed by atoms with Gasteiger partial charge in [-0.25, -0.2) is 0 Å². The Balaban J connectivity index is 2.85. The smallest absolute Gasteiger partial charge is 0.0938 e. The second-order valence-corrected chi connectivity index (χ2v) is 0.383. The molecule has 0 aromatic heterocycles. The SMILES string of the molecule is O=[N+]([O-])[CH-]F. The highest BCUT2D eigenvalue weighted by Gasteiger charge is 1.65. The Morgan fingerprint density at radius 3 is 2.20 bits per heavy atom. The van der Waals surface area contributed by atoms with Gasteiger partial charge in [0.25, 0.3) is 0 Å². The minimum atomic E-state index is -1.17. The molecule has 0 saturated heterocycles. The number of nitro groups is 1. The van der Waals surface area contributed by atoms with Gasteiger partial charge in [-0.15, -0.1) is 0 Å². The zero-order valence-corrected chi connectivity index (χ0v) is 2.22. The van der Waals surface area contributed by atoms with Gasteiger partial charge in [-0.3, -0.25) is 10.1 Å². The predicted octanol–water partition coefficient (Wildman–Crippen LogP) is 0.352. The van der Waals surface area contributed by atoms with Gasteiger partial charge in [-0.2, -0.15) is 0 Å². The molecule has 0 bridgehead atoms. The van der Waals surface area contributed by atoms with Gasteiger partial charge in [0.15, 0.2) is 0 Å². The Hall–Kier alpha value is -0.800. The van der Waals surface area contributed by atoms with E-state index in [1.54, 1.807) is 0 Å². The molecule has 0 unspecified atom stereocenters. The first kappa shape index (κ1) is 4.20. The zero-order valence-electron chi connectivity index (χ0n) is 2.22. The number of rotatable bonds is 1. The lowest BCUT2D eigenvalue weighted by atomic mass is 11.4. The summed E-state index contributed by atoms with van der Waals surface area (Å²) in [7, 11) is 0. The van der Waals surface area contributed by atoms with Crippen LogP contribution in [0.4, 0.5) is 4.39 Å². The Morgan fingerprint density at radius 2 is 2.20 bits per heavy atom. The van der Waals surface area contributed by atoms with Crippen molar-refractivity contribution < 1.29 is 9.31 Å². The standard InChI is InChI=1S/CHFNO2/c2-1-3(4)5/h1H/q-1. The average molecular weight is 78.0 g/mol. The Bertz CT molecular complexity index is 44.9. The van der Waals surface area contributed by atoms with Gasteiger partial charge < -0.3 is 4.39 Å². The van der Waals surface area contributed by atoms with Crippen LogP contribution in [-0.2, 0) is 0 Å². The molecule has 0 N–H and O–H groups in total. The fourth-order valence-electron chi connectivity index (χ4n) is 0. The quantitative estimate of drug-likeness (QED) is 0.196. The van der Waals surface area contributed by atoms with Crippen LogP contribution in [0.1, 0.15) is 0 Å². The summed E-state index contributed by atoms with van der Waals surface area (Å²) >= 11 is 0. The molecule has 0 spiro atoms. The van der Waals surface area contributed by atoms with Gasteiger partial charge >= 0.3 is 0 Å². The molecule has 0 saturated carbocycles. The fraction of sp³-hybridized carbons (Fsp3) is 0. The van der Waals surface area contributed by atoms with Crippen LogP contribution < -0.4 is 0 Å². The summed E-state index contributed by atoms with van der Waals surface area (Å²) < 4.78 is 10.3. The van der Waals surface area contributed by atoms with Crippen LogP contribution in [-0.4, -0.2) is 4.92 Å². The van der Waals surface area contributed by atoms with E-state index in [0.717, 1.165) is 0 Å². The fourth-order valence-corrected chi connectivity index (χ4v) is 0. The highest BCUT2D eigenvalue weighted by Crippen LogP contribution is 1.72. The van der Waals surface area contributed by atoms with E-state index in [1.807, 2.05) is 0 Å². The van der Waals surface area contributed by atoms with Crippen LogP contribution >= 0.6 is 0 Å². The third-order valence-corrected chi connectivity index (χ3v) is 0.0797. The molecule has 4 heteroatoms. The second kappa shape index (κ2) is 1.51. The van der Waals surface area contributed by atoms with Crippen LogP contribution in [0.15, 0.2) is 0 Å². The maximum absolute atomic E-state index is 10.3. The average Bonchev–Trinajstić information content (AvgIpc) is 1.38. The number of halogens is 1. The summed E-state index contributed by atoms with van der Waals surface area (Å²) in [5.41, 5.74) is 0. The number of hydrogen-bond acceptors (Lipinski definition) is 2. The van der Waals surface area contributed by atoms with E-state index in [-0.39, 0.29) is 0 Å². The van der Waals surface area contributed by atoms with E-state index in [1.165, 1.54) is 0 Å². The van der Waals surface area contributed by atoms with Gasteiger partial charge in [-0.05, 0) is 0 Å². The molecule has 0 aliphatic carbocycles. The first-order chi connectivity index (χ1) is 2.27. The molecule has 30 valence electrons. The van der Waals surface area contributed by atoms with Crippen molar-refractivity contribution in [3.05, 3.63) is 16.9 Å². The molecular formula is CHFNO2-. The summed E-state index contributed by atoms with van der Waals surface area (Å²) in [6, 6.07) is 0. The summed E-state index contributed by atoms with van der Waals surface area (Å²) in [5, 5.41) is 8.74. The summed E-state index contributed by atoms with van der Waals surface area (Å²) in [5.74, 6) is 0. The van der Waals surface area contributed by atoms with Crippen molar-refractivity contribution in [1.82, 2.24) is 0 Å². The van der Waals surface area contributed by atoms with E-state index in [2.05, 4.69) is 0 Å². The Kier molecular flexibility index (Phi) is 1.27. The lowest BCUT2D eigenvalue weighted by Gasteiger charge is -1.84. The Morgan fingerprint density at radius 1 is 2.00 bits per heavy atom. The zero-order chi connectivity index (χ0) is 4.28. The lowest BCUT2D eigenvalue weighted by molar-refractivity contribution is -0.458. The van der Waals surface area contributed by atoms with Crippen molar-refractivity contribution in [3.8, 4) is 0 Å². The first-order valence-corrected chi connectivity index (χ1v) is 0.842. The van der Waals surface area contributed by atoms with Crippen LogP contribution in [0, 0.1) is 16.9 Å². The summed E-state index contributed by atoms with van der Waals surface area (Å²) in [4.78, 5) is 7.58. The topological polar surface area (TPSA) is 43.1 Å². The van der Waals surface area contributed by atoms with Crippen LogP contribution in [0.2, 0.25) is 0 Å². The molecule has 0 rings (SSSR count). The minimum absolute atomic E-state index is 0.611. The molecule has 0 aliphatic heterocycles. The minimum Gasteiger partial charge on any atom is -0.356 e. The number of nitrogens with zero attached hydrogens (tertiary/aromatic N) is 1. The molecule has 0 radical (unpaired) electrons. The van der Waals surface area contributed by atoms with Gasteiger partial charge in [0, 0.05) is 0 Å². The normalized spacial score (nSPS) is 6.60. The first-order valence-electron chi connectivity index (χ1n) is 0.842. The summed E-state index contributed by atoms with van der Waals surface area (Å²) in [6.07, 6.45) is 0. The maximum Gasteiger partial charge on any atom is 0.0938 e. The van der Waals surface area contributed by atoms with Gasteiger partial charge in [0.2, 0.25) is 0 Å². The third-order valence-electron chi connectivity index (χ3n) is 0.0797. The second-order valence-electron chi connectivity index (χ2n) is 0.383. The highest BCUT2D eigenvalue weighted by molar-refractivity contribution is 4.12.